The molecule has 0 unspecified atom stereocenters. The van der Waals surface area contributed by atoms with Gasteiger partial charge in [-0.15, -0.1) is 5.73 Å². The van der Waals surface area contributed by atoms with Gasteiger partial charge in [-0.25, -0.2) is 0 Å². The monoisotopic (exact) mass is 220 g/mol. The molecule has 0 rings (SSSR count). The van der Waals surface area contributed by atoms with Crippen LogP contribution in [0.5, 0.6) is 0 Å². The molecule has 10 heavy (non-hydrogen) atoms. The first-order chi connectivity index (χ1) is 4.56. The van der Waals surface area contributed by atoms with Gasteiger partial charge in [0.15, 0.2) is 8.32 Å². The molecule has 0 atom stereocenters. The smallest absolute Gasteiger partial charge is 0.184 e. The molecule has 0 aliphatic heterocycles. The van der Waals surface area contributed by atoms with Crippen molar-refractivity contribution >= 4 is 24.2 Å². The van der Waals surface area contributed by atoms with Gasteiger partial charge in [0.2, 0.25) is 0 Å². The van der Waals surface area contributed by atoms with Crippen LogP contribution < -0.4 is 0 Å². The molecule has 0 fully saturated rings. The lowest BCUT2D eigenvalue weighted by molar-refractivity contribution is 0.358. The SMILES string of the molecule is C[Si](C)(C)OCC=C=CBr. The Balaban J connectivity index is 3.47. The van der Waals surface area contributed by atoms with E-state index in [-0.39, 0.29) is 0 Å². The molecule has 0 radical (unpaired) electrons. The van der Waals surface area contributed by atoms with Gasteiger partial charge < -0.3 is 4.43 Å². The lowest BCUT2D eigenvalue weighted by Crippen LogP contribution is -2.25. The van der Waals surface area contributed by atoms with E-state index >= 15 is 0 Å². The Bertz CT molecular complexity index is 142. The highest BCUT2D eigenvalue weighted by Crippen LogP contribution is 2.01. The number of hydrogen-bond acceptors (Lipinski definition) is 1. The van der Waals surface area contributed by atoms with Crippen LogP contribution in [0.1, 0.15) is 0 Å². The van der Waals surface area contributed by atoms with Gasteiger partial charge >= 0.3 is 0 Å². The average molecular weight is 221 g/mol. The van der Waals surface area contributed by atoms with Gasteiger partial charge in [-0.2, -0.15) is 0 Å². The molecule has 0 saturated heterocycles. The maximum atomic E-state index is 5.51. The molecule has 0 spiro atoms. The van der Waals surface area contributed by atoms with Gasteiger partial charge in [0.1, 0.15) is 0 Å². The van der Waals surface area contributed by atoms with E-state index < -0.39 is 8.32 Å². The van der Waals surface area contributed by atoms with Crippen LogP contribution in [0.4, 0.5) is 0 Å². The summed E-state index contributed by atoms with van der Waals surface area (Å²) in [5.41, 5.74) is 2.88. The van der Waals surface area contributed by atoms with E-state index in [1.165, 1.54) is 0 Å². The Kier molecular flexibility index (Phi) is 5.00. The minimum atomic E-state index is -1.31. The third kappa shape index (κ3) is 8.18. The summed E-state index contributed by atoms with van der Waals surface area (Å²) in [4.78, 5) is 1.70. The van der Waals surface area contributed by atoms with Crippen molar-refractivity contribution in [2.24, 2.45) is 0 Å². The summed E-state index contributed by atoms with van der Waals surface area (Å²) in [6, 6.07) is 0. The van der Waals surface area contributed by atoms with Crippen molar-refractivity contribution in [1.29, 1.82) is 0 Å². The summed E-state index contributed by atoms with van der Waals surface area (Å²) in [7, 11) is -1.31. The predicted molar refractivity (Wildman–Crippen MR) is 50.9 cm³/mol. The summed E-state index contributed by atoms with van der Waals surface area (Å²) in [6.45, 7) is 7.17. The van der Waals surface area contributed by atoms with Crippen molar-refractivity contribution in [1.82, 2.24) is 0 Å². The van der Waals surface area contributed by atoms with Crippen LogP contribution in [-0.4, -0.2) is 14.9 Å². The Morgan fingerprint density at radius 3 is 2.50 bits per heavy atom. The van der Waals surface area contributed by atoms with E-state index in [9.17, 15) is 0 Å². The number of halogens is 1. The molecule has 0 N–H and O–H groups in total. The second kappa shape index (κ2) is 4.91. The fourth-order valence-electron chi connectivity index (χ4n) is 0.384. The van der Waals surface area contributed by atoms with Crippen molar-refractivity contribution in [3.05, 3.63) is 16.8 Å². The maximum Gasteiger partial charge on any atom is 0.184 e. The molecule has 0 bridgehead atoms. The van der Waals surface area contributed by atoms with Crippen LogP contribution in [0, 0.1) is 0 Å². The van der Waals surface area contributed by atoms with Gasteiger partial charge in [0.25, 0.3) is 0 Å². The minimum Gasteiger partial charge on any atom is -0.413 e. The van der Waals surface area contributed by atoms with Crippen LogP contribution >= 0.6 is 15.9 Å². The molecule has 58 valence electrons. The van der Waals surface area contributed by atoms with Gasteiger partial charge in [-0.05, 0) is 25.7 Å². The quantitative estimate of drug-likeness (QED) is 0.526. The largest absolute Gasteiger partial charge is 0.413 e. The standard InChI is InChI=1S/C7H13BrOSi/c1-10(2,3)9-7-5-4-6-8/h5-6H,7H2,1-3H3. The van der Waals surface area contributed by atoms with Crippen molar-refractivity contribution in [3.8, 4) is 0 Å². The van der Waals surface area contributed by atoms with E-state index in [2.05, 4.69) is 41.3 Å². The molecule has 0 aromatic heterocycles. The second-order valence-electron chi connectivity index (χ2n) is 2.90. The first-order valence-electron chi connectivity index (χ1n) is 3.20. The van der Waals surface area contributed by atoms with Crippen LogP contribution in [0.3, 0.4) is 0 Å². The van der Waals surface area contributed by atoms with Crippen molar-refractivity contribution < 1.29 is 4.43 Å². The highest BCUT2D eigenvalue weighted by Gasteiger charge is 2.11. The molecule has 0 aromatic carbocycles. The fraction of sp³-hybridized carbons (Fsp3) is 0.571. The molecule has 1 nitrogen and oxygen atoms in total. The molecular formula is C7H13BrOSi. The minimum absolute atomic E-state index is 0.678. The van der Waals surface area contributed by atoms with E-state index in [0.717, 1.165) is 0 Å². The highest BCUT2D eigenvalue weighted by molar-refractivity contribution is 9.11. The molecule has 0 heterocycles. The third-order valence-corrected chi connectivity index (χ3v) is 2.08. The lowest BCUT2D eigenvalue weighted by atomic mass is 10.7. The predicted octanol–water partition coefficient (Wildman–Crippen LogP) is 2.90. The summed E-state index contributed by atoms with van der Waals surface area (Å²) < 4.78 is 5.51. The Hall–Kier alpha value is 0.177. The van der Waals surface area contributed by atoms with Crippen LogP contribution in [0.2, 0.25) is 19.6 Å². The molecule has 0 aliphatic carbocycles. The molecule has 0 aromatic rings. The van der Waals surface area contributed by atoms with E-state index in [0.29, 0.717) is 6.61 Å². The highest BCUT2D eigenvalue weighted by atomic mass is 79.9. The van der Waals surface area contributed by atoms with Gasteiger partial charge in [0, 0.05) is 4.99 Å². The molecule has 3 heteroatoms. The zero-order valence-electron chi connectivity index (χ0n) is 6.65. The van der Waals surface area contributed by atoms with Crippen LogP contribution in [0.25, 0.3) is 0 Å². The summed E-state index contributed by atoms with van der Waals surface area (Å²) in [5.74, 6) is 0. The second-order valence-corrected chi connectivity index (χ2v) is 7.87. The average Bonchev–Trinajstić information content (AvgIpc) is 1.78. The van der Waals surface area contributed by atoms with Crippen molar-refractivity contribution in [3.63, 3.8) is 0 Å². The van der Waals surface area contributed by atoms with Gasteiger partial charge in [-0.3, -0.25) is 0 Å². The summed E-state index contributed by atoms with van der Waals surface area (Å²) >= 11 is 3.12. The Morgan fingerprint density at radius 2 is 2.10 bits per heavy atom. The van der Waals surface area contributed by atoms with E-state index in [1.807, 2.05) is 6.08 Å². The molecule has 0 aliphatic rings. The number of rotatable bonds is 3. The Morgan fingerprint density at radius 1 is 1.50 bits per heavy atom. The van der Waals surface area contributed by atoms with Gasteiger partial charge in [-0.1, -0.05) is 15.9 Å². The Labute approximate surface area is 72.0 Å². The first-order valence-corrected chi connectivity index (χ1v) is 7.52. The third-order valence-electron chi connectivity index (χ3n) is 0.781. The van der Waals surface area contributed by atoms with E-state index in [4.69, 9.17) is 4.43 Å². The van der Waals surface area contributed by atoms with Crippen molar-refractivity contribution in [2.45, 2.75) is 19.6 Å². The number of hydrogen-bond donors (Lipinski definition) is 0. The first kappa shape index (κ1) is 10.2. The normalized spacial score (nSPS) is 10.4. The summed E-state index contributed by atoms with van der Waals surface area (Å²) in [6.07, 6.45) is 1.87. The zero-order valence-corrected chi connectivity index (χ0v) is 9.23. The van der Waals surface area contributed by atoms with Crippen LogP contribution in [-0.2, 0) is 4.43 Å². The van der Waals surface area contributed by atoms with Crippen molar-refractivity contribution in [2.75, 3.05) is 6.61 Å². The van der Waals surface area contributed by atoms with Crippen LogP contribution in [0.15, 0.2) is 16.8 Å². The summed E-state index contributed by atoms with van der Waals surface area (Å²) in [5, 5.41) is 0. The maximum absolute atomic E-state index is 5.51. The zero-order chi connectivity index (χ0) is 8.04. The molecule has 0 saturated carbocycles. The lowest BCUT2D eigenvalue weighted by Gasteiger charge is -2.14. The molecule has 0 amide bonds. The fourth-order valence-corrected chi connectivity index (χ4v) is 1.15. The molecular weight excluding hydrogens is 208 g/mol. The van der Waals surface area contributed by atoms with E-state index in [1.54, 1.807) is 4.99 Å². The topological polar surface area (TPSA) is 9.23 Å². The van der Waals surface area contributed by atoms with Gasteiger partial charge in [0.05, 0.1) is 6.61 Å².